The summed E-state index contributed by atoms with van der Waals surface area (Å²) in [4.78, 5) is 0. The monoisotopic (exact) mass is 152 g/mol. The molecule has 0 aromatic heterocycles. The van der Waals surface area contributed by atoms with Crippen LogP contribution in [0.4, 0.5) is 0 Å². The Morgan fingerprint density at radius 1 is 1.55 bits per heavy atom. The van der Waals surface area contributed by atoms with E-state index >= 15 is 0 Å². The third-order valence-electron chi connectivity index (χ3n) is 1.93. The van der Waals surface area contributed by atoms with Gasteiger partial charge in [0, 0.05) is 0 Å². The molecular formula is C10H16O. The minimum atomic E-state index is -0.470. The fourth-order valence-electron chi connectivity index (χ4n) is 0.876. The summed E-state index contributed by atoms with van der Waals surface area (Å²) in [6, 6.07) is 0. The van der Waals surface area contributed by atoms with Gasteiger partial charge in [-0.05, 0) is 37.8 Å². The smallest absolute Gasteiger partial charge is 0.0903 e. The Labute approximate surface area is 68.4 Å². The topological polar surface area (TPSA) is 20.2 Å². The van der Waals surface area contributed by atoms with E-state index in [1.807, 2.05) is 6.08 Å². The predicted octanol–water partition coefficient (Wildman–Crippen LogP) is 2.41. The molecule has 1 nitrogen and oxygen atoms in total. The summed E-state index contributed by atoms with van der Waals surface area (Å²) in [6.45, 7) is 2.17. The van der Waals surface area contributed by atoms with Gasteiger partial charge in [0.2, 0.25) is 0 Å². The molecule has 0 aromatic carbocycles. The molecule has 62 valence electrons. The van der Waals surface area contributed by atoms with Crippen LogP contribution in [0.2, 0.25) is 0 Å². The maximum atomic E-state index is 9.35. The zero-order valence-corrected chi connectivity index (χ0v) is 7.14. The van der Waals surface area contributed by atoms with Gasteiger partial charge in [-0.25, -0.2) is 0 Å². The Morgan fingerprint density at radius 2 is 2.27 bits per heavy atom. The molecule has 0 aliphatic heterocycles. The molecule has 11 heavy (non-hydrogen) atoms. The van der Waals surface area contributed by atoms with Gasteiger partial charge in [-0.2, -0.15) is 0 Å². The lowest BCUT2D eigenvalue weighted by Gasteiger charge is -1.92. The second-order valence-electron chi connectivity index (χ2n) is 3.26. The summed E-state index contributed by atoms with van der Waals surface area (Å²) in [5.41, 5.74) is 2.55. The van der Waals surface area contributed by atoms with Crippen LogP contribution in [-0.4, -0.2) is 10.7 Å². The highest BCUT2D eigenvalue weighted by atomic mass is 16.3. The molecule has 0 radical (unpaired) electrons. The van der Waals surface area contributed by atoms with Crippen LogP contribution >= 0.6 is 0 Å². The summed E-state index contributed by atoms with van der Waals surface area (Å²) < 4.78 is 0. The Hall–Kier alpha value is -0.520. The van der Waals surface area contributed by atoms with E-state index in [0.29, 0.717) is 0 Å². The van der Waals surface area contributed by atoms with Gasteiger partial charge in [0.25, 0.3) is 0 Å². The predicted molar refractivity (Wildman–Crippen MR) is 46.4 cm³/mol. The third kappa shape index (κ3) is 3.41. The van der Waals surface area contributed by atoms with Crippen LogP contribution in [0.15, 0.2) is 17.9 Å². The number of hydrogen-bond donors (Lipinski definition) is 1. The molecule has 1 N–H and O–H groups in total. The molecule has 0 aromatic rings. The molecule has 1 aliphatic carbocycles. The van der Waals surface area contributed by atoms with Crippen LogP contribution in [0.5, 0.6) is 0 Å². The van der Waals surface area contributed by atoms with Crippen LogP contribution in [0.1, 0.15) is 39.0 Å². The van der Waals surface area contributed by atoms with E-state index in [1.54, 1.807) is 6.08 Å². The average Bonchev–Trinajstić information content (AvgIpc) is 2.69. The average molecular weight is 152 g/mol. The number of aliphatic hydroxyl groups is 1. The van der Waals surface area contributed by atoms with Crippen molar-refractivity contribution in [3.05, 3.63) is 17.9 Å². The molecule has 1 aliphatic rings. The van der Waals surface area contributed by atoms with E-state index in [9.17, 15) is 5.11 Å². The van der Waals surface area contributed by atoms with E-state index < -0.39 is 5.60 Å². The molecule has 0 amide bonds. The Morgan fingerprint density at radius 3 is 2.82 bits per heavy atom. The molecule has 1 fully saturated rings. The SMILES string of the molecule is CCCCC=C=CC1(O)CC1. The maximum Gasteiger partial charge on any atom is 0.0903 e. The van der Waals surface area contributed by atoms with E-state index in [2.05, 4.69) is 12.7 Å². The van der Waals surface area contributed by atoms with E-state index in [1.165, 1.54) is 12.8 Å². The molecule has 0 bridgehead atoms. The van der Waals surface area contributed by atoms with Gasteiger partial charge in [-0.15, -0.1) is 5.73 Å². The van der Waals surface area contributed by atoms with Gasteiger partial charge in [-0.1, -0.05) is 13.3 Å². The highest BCUT2D eigenvalue weighted by Gasteiger charge is 2.37. The van der Waals surface area contributed by atoms with E-state index in [4.69, 9.17) is 0 Å². The normalized spacial score (nSPS) is 18.7. The van der Waals surface area contributed by atoms with Crippen molar-refractivity contribution in [3.8, 4) is 0 Å². The molecular weight excluding hydrogens is 136 g/mol. The first kappa shape index (κ1) is 8.58. The summed E-state index contributed by atoms with van der Waals surface area (Å²) in [5.74, 6) is 0. The quantitative estimate of drug-likeness (QED) is 0.484. The molecule has 0 saturated heterocycles. The second-order valence-corrected chi connectivity index (χ2v) is 3.26. The molecule has 0 spiro atoms. The van der Waals surface area contributed by atoms with Crippen molar-refractivity contribution in [2.45, 2.75) is 44.6 Å². The molecule has 0 atom stereocenters. The fourth-order valence-corrected chi connectivity index (χ4v) is 0.876. The maximum absolute atomic E-state index is 9.35. The highest BCUT2D eigenvalue weighted by molar-refractivity contribution is 5.10. The van der Waals surface area contributed by atoms with Crippen LogP contribution < -0.4 is 0 Å². The van der Waals surface area contributed by atoms with Crippen LogP contribution in [0.25, 0.3) is 0 Å². The van der Waals surface area contributed by atoms with Crippen LogP contribution in [0.3, 0.4) is 0 Å². The van der Waals surface area contributed by atoms with Crippen LogP contribution in [0, 0.1) is 0 Å². The Kier molecular flexibility index (Phi) is 2.92. The van der Waals surface area contributed by atoms with Gasteiger partial charge < -0.3 is 5.11 Å². The first-order valence-electron chi connectivity index (χ1n) is 4.41. The van der Waals surface area contributed by atoms with Gasteiger partial charge >= 0.3 is 0 Å². The minimum absolute atomic E-state index is 0.470. The van der Waals surface area contributed by atoms with Crippen molar-refractivity contribution in [3.63, 3.8) is 0 Å². The number of rotatable bonds is 4. The Balaban J connectivity index is 2.17. The standard InChI is InChI=1S/C10H16O/c1-2-3-4-5-6-7-10(11)8-9-10/h5,7,11H,2-4,8-9H2,1H3. The van der Waals surface area contributed by atoms with Gasteiger partial charge in [0.1, 0.15) is 0 Å². The van der Waals surface area contributed by atoms with Crippen LogP contribution in [-0.2, 0) is 0 Å². The lowest BCUT2D eigenvalue weighted by molar-refractivity contribution is 0.202. The summed E-state index contributed by atoms with van der Waals surface area (Å²) in [5, 5.41) is 9.35. The minimum Gasteiger partial charge on any atom is -0.385 e. The van der Waals surface area contributed by atoms with Crippen molar-refractivity contribution in [1.82, 2.24) is 0 Å². The largest absolute Gasteiger partial charge is 0.385 e. The first-order valence-corrected chi connectivity index (χ1v) is 4.41. The lowest BCUT2D eigenvalue weighted by Crippen LogP contribution is -1.98. The first-order chi connectivity index (χ1) is 5.27. The molecule has 1 heteroatoms. The number of unbranched alkanes of at least 4 members (excludes halogenated alkanes) is 2. The third-order valence-corrected chi connectivity index (χ3v) is 1.93. The van der Waals surface area contributed by atoms with Crippen molar-refractivity contribution < 1.29 is 5.11 Å². The van der Waals surface area contributed by atoms with Crippen molar-refractivity contribution in [2.75, 3.05) is 0 Å². The van der Waals surface area contributed by atoms with Gasteiger partial charge in [0.15, 0.2) is 0 Å². The second kappa shape index (κ2) is 3.75. The van der Waals surface area contributed by atoms with Crippen molar-refractivity contribution in [1.29, 1.82) is 0 Å². The lowest BCUT2D eigenvalue weighted by atomic mass is 10.2. The summed E-state index contributed by atoms with van der Waals surface area (Å²) in [6.07, 6.45) is 9.18. The molecule has 0 unspecified atom stereocenters. The van der Waals surface area contributed by atoms with Crippen molar-refractivity contribution in [2.24, 2.45) is 0 Å². The van der Waals surface area contributed by atoms with E-state index in [0.717, 1.165) is 19.3 Å². The summed E-state index contributed by atoms with van der Waals surface area (Å²) >= 11 is 0. The highest BCUT2D eigenvalue weighted by Crippen LogP contribution is 2.35. The number of hydrogen-bond acceptors (Lipinski definition) is 1. The van der Waals surface area contributed by atoms with Gasteiger partial charge in [0.05, 0.1) is 5.60 Å². The Bertz CT molecular complexity index is 171. The molecule has 0 heterocycles. The zero-order chi connectivity index (χ0) is 8.16. The molecule has 1 saturated carbocycles. The van der Waals surface area contributed by atoms with Gasteiger partial charge in [-0.3, -0.25) is 0 Å². The zero-order valence-electron chi connectivity index (χ0n) is 7.14. The summed E-state index contributed by atoms with van der Waals surface area (Å²) in [7, 11) is 0. The van der Waals surface area contributed by atoms with Crippen molar-refractivity contribution >= 4 is 0 Å². The fraction of sp³-hybridized carbons (Fsp3) is 0.700. The molecule has 1 rings (SSSR count). The van der Waals surface area contributed by atoms with E-state index in [-0.39, 0.29) is 0 Å².